The summed E-state index contributed by atoms with van der Waals surface area (Å²) in [5.74, 6) is -0.601. The molecule has 5 rings (SSSR count). The van der Waals surface area contributed by atoms with Gasteiger partial charge >= 0.3 is 6.43 Å². The zero-order valence-corrected chi connectivity index (χ0v) is 16.9. The van der Waals surface area contributed by atoms with Crippen LogP contribution in [0.3, 0.4) is 0 Å². The first-order valence-electron chi connectivity index (χ1n) is 10.4. The van der Waals surface area contributed by atoms with Crippen LogP contribution in [0.5, 0.6) is 0 Å². The molecule has 1 aliphatic heterocycles. The van der Waals surface area contributed by atoms with Gasteiger partial charge in [-0.15, -0.1) is 0 Å². The molecule has 2 aliphatic rings. The lowest BCUT2D eigenvalue weighted by Gasteiger charge is -2.17. The van der Waals surface area contributed by atoms with Crippen LogP contribution in [0.2, 0.25) is 0 Å². The Balaban J connectivity index is 1.19. The molecule has 1 saturated carbocycles. The van der Waals surface area contributed by atoms with Crippen LogP contribution in [0.15, 0.2) is 59.1 Å². The lowest BCUT2D eigenvalue weighted by molar-refractivity contribution is -0.128. The van der Waals surface area contributed by atoms with E-state index in [1.54, 1.807) is 24.3 Å². The van der Waals surface area contributed by atoms with E-state index in [0.717, 1.165) is 6.42 Å². The second-order valence-corrected chi connectivity index (χ2v) is 8.08. The monoisotopic (exact) mass is 438 g/mol. The highest BCUT2D eigenvalue weighted by atomic mass is 19.3. The molecule has 3 unspecified atom stereocenters. The van der Waals surface area contributed by atoms with Crippen molar-refractivity contribution in [2.24, 2.45) is 0 Å². The van der Waals surface area contributed by atoms with E-state index >= 15 is 0 Å². The highest BCUT2D eigenvalue weighted by molar-refractivity contribution is 5.95. The lowest BCUT2D eigenvalue weighted by Crippen LogP contribution is -2.37. The van der Waals surface area contributed by atoms with Gasteiger partial charge in [0.1, 0.15) is 0 Å². The molecular weight excluding hydrogens is 418 g/mol. The van der Waals surface area contributed by atoms with E-state index in [0.29, 0.717) is 23.6 Å². The van der Waals surface area contributed by atoms with Gasteiger partial charge in [0.15, 0.2) is 0 Å². The minimum Gasteiger partial charge on any atom is -0.347 e. The molecule has 7 nitrogen and oxygen atoms in total. The van der Waals surface area contributed by atoms with Gasteiger partial charge in [-0.1, -0.05) is 47.6 Å². The quantitative estimate of drug-likeness (QED) is 0.636. The fraction of sp³-hybridized carbons (Fsp3) is 0.304. The zero-order valence-electron chi connectivity index (χ0n) is 16.9. The van der Waals surface area contributed by atoms with Crippen molar-refractivity contribution in [3.63, 3.8) is 0 Å². The second-order valence-electron chi connectivity index (χ2n) is 8.08. The predicted molar refractivity (Wildman–Crippen MR) is 110 cm³/mol. The molecule has 3 aromatic rings. The molecule has 164 valence electrons. The number of carbonyl (C=O) groups excluding carboxylic acids is 2. The third-order valence-corrected chi connectivity index (χ3v) is 5.91. The maximum Gasteiger partial charge on any atom is 0.315 e. The van der Waals surface area contributed by atoms with Crippen molar-refractivity contribution < 1.29 is 22.9 Å². The highest BCUT2D eigenvalue weighted by Gasteiger charge is 2.48. The number of rotatable bonds is 6. The number of aromatic nitrogens is 2. The fourth-order valence-electron chi connectivity index (χ4n) is 4.21. The molecule has 2 fully saturated rings. The van der Waals surface area contributed by atoms with Crippen molar-refractivity contribution in [3.8, 4) is 11.4 Å². The summed E-state index contributed by atoms with van der Waals surface area (Å²) >= 11 is 0. The molecule has 1 saturated heterocycles. The highest BCUT2D eigenvalue weighted by Crippen LogP contribution is 2.45. The standard InChI is InChI=1S/C23H20F2N4O3/c24-20(25)23-27-21(28-32-23)14-6-8-15(9-7-14)22(31)26-16-10-19(30)29(12-16)18-11-17(18)13-4-2-1-3-5-13/h1-9,16-18,20H,10-12H2,(H,26,31). The number of nitrogens with zero attached hydrogens (tertiary/aromatic N) is 3. The summed E-state index contributed by atoms with van der Waals surface area (Å²) in [5, 5.41) is 6.44. The number of halogens is 2. The topological polar surface area (TPSA) is 88.3 Å². The SMILES string of the molecule is O=C(NC1CC(=O)N(C2CC2c2ccccc2)C1)c1ccc(-c2noc(C(F)F)n2)cc1. The Kier molecular flexibility index (Phi) is 5.16. The van der Waals surface area contributed by atoms with Crippen molar-refractivity contribution in [1.29, 1.82) is 0 Å². The fourth-order valence-corrected chi connectivity index (χ4v) is 4.21. The van der Waals surface area contributed by atoms with Crippen molar-refractivity contribution in [2.75, 3.05) is 6.54 Å². The molecular formula is C23H20F2N4O3. The van der Waals surface area contributed by atoms with Crippen LogP contribution >= 0.6 is 0 Å². The van der Waals surface area contributed by atoms with Gasteiger partial charge < -0.3 is 14.7 Å². The van der Waals surface area contributed by atoms with Gasteiger partial charge in [-0.3, -0.25) is 9.59 Å². The van der Waals surface area contributed by atoms with Gasteiger partial charge in [0.25, 0.3) is 11.8 Å². The van der Waals surface area contributed by atoms with E-state index in [1.165, 1.54) is 5.56 Å². The molecule has 0 radical (unpaired) electrons. The van der Waals surface area contributed by atoms with Crippen LogP contribution in [0.1, 0.15) is 47.0 Å². The molecule has 3 atom stereocenters. The number of nitrogens with one attached hydrogen (secondary N) is 1. The molecule has 2 heterocycles. The van der Waals surface area contributed by atoms with E-state index in [2.05, 4.69) is 32.1 Å². The summed E-state index contributed by atoms with van der Waals surface area (Å²) in [6.07, 6.45) is -1.61. The summed E-state index contributed by atoms with van der Waals surface area (Å²) in [4.78, 5) is 30.7. The number of alkyl halides is 2. The minimum absolute atomic E-state index is 0.0293. The Morgan fingerprint density at radius 3 is 2.56 bits per heavy atom. The third kappa shape index (κ3) is 3.98. The number of hydrogen-bond acceptors (Lipinski definition) is 5. The average Bonchev–Trinajstić information content (AvgIpc) is 3.26. The van der Waals surface area contributed by atoms with Crippen molar-refractivity contribution in [2.45, 2.75) is 37.3 Å². The number of amides is 2. The van der Waals surface area contributed by atoms with Crippen LogP contribution < -0.4 is 5.32 Å². The van der Waals surface area contributed by atoms with E-state index in [9.17, 15) is 18.4 Å². The summed E-state index contributed by atoms with van der Waals surface area (Å²) in [6, 6.07) is 16.3. The summed E-state index contributed by atoms with van der Waals surface area (Å²) in [5.41, 5.74) is 2.09. The third-order valence-electron chi connectivity index (χ3n) is 5.91. The molecule has 1 aliphatic carbocycles. The van der Waals surface area contributed by atoms with E-state index in [1.807, 2.05) is 23.1 Å². The molecule has 1 aromatic heterocycles. The molecule has 2 amide bonds. The van der Waals surface area contributed by atoms with Crippen LogP contribution in [-0.2, 0) is 4.79 Å². The maximum atomic E-state index is 12.6. The van der Waals surface area contributed by atoms with Gasteiger partial charge in [-0.05, 0) is 24.1 Å². The second kappa shape index (κ2) is 8.14. The molecule has 1 N–H and O–H groups in total. The molecule has 0 spiro atoms. The number of carbonyl (C=O) groups is 2. The number of likely N-dealkylation sites (tertiary alicyclic amines) is 1. The Labute approximate surface area is 182 Å². The van der Waals surface area contributed by atoms with E-state index < -0.39 is 12.3 Å². The van der Waals surface area contributed by atoms with Gasteiger partial charge in [0.05, 0.1) is 6.04 Å². The van der Waals surface area contributed by atoms with E-state index in [4.69, 9.17) is 0 Å². The number of hydrogen-bond donors (Lipinski definition) is 1. The Hall–Kier alpha value is -3.62. The van der Waals surface area contributed by atoms with Gasteiger partial charge in [0.2, 0.25) is 11.7 Å². The smallest absolute Gasteiger partial charge is 0.315 e. The van der Waals surface area contributed by atoms with Crippen molar-refractivity contribution in [3.05, 3.63) is 71.6 Å². The summed E-state index contributed by atoms with van der Waals surface area (Å²) in [6.45, 7) is 0.496. The molecule has 0 bridgehead atoms. The van der Waals surface area contributed by atoms with Crippen LogP contribution in [0, 0.1) is 0 Å². The minimum atomic E-state index is -2.84. The first-order valence-corrected chi connectivity index (χ1v) is 10.4. The predicted octanol–water partition coefficient (Wildman–Crippen LogP) is 3.56. The number of benzene rings is 2. The van der Waals surface area contributed by atoms with Crippen molar-refractivity contribution in [1.82, 2.24) is 20.4 Å². The molecule has 9 heteroatoms. The van der Waals surface area contributed by atoms with E-state index in [-0.39, 0.29) is 36.1 Å². The van der Waals surface area contributed by atoms with Gasteiger partial charge in [-0.25, -0.2) is 0 Å². The summed E-state index contributed by atoms with van der Waals surface area (Å²) in [7, 11) is 0. The first-order chi connectivity index (χ1) is 15.5. The largest absolute Gasteiger partial charge is 0.347 e. The Morgan fingerprint density at radius 1 is 1.12 bits per heavy atom. The Morgan fingerprint density at radius 2 is 1.88 bits per heavy atom. The van der Waals surface area contributed by atoms with Gasteiger partial charge in [-0.2, -0.15) is 13.8 Å². The normalized spacial score (nSPS) is 22.4. The van der Waals surface area contributed by atoms with Crippen LogP contribution in [-0.4, -0.2) is 45.5 Å². The average molecular weight is 438 g/mol. The van der Waals surface area contributed by atoms with Gasteiger partial charge in [0, 0.05) is 36.1 Å². The molecule has 2 aromatic carbocycles. The lowest BCUT2D eigenvalue weighted by atomic mass is 10.1. The zero-order chi connectivity index (χ0) is 22.2. The van der Waals surface area contributed by atoms with Crippen LogP contribution in [0.4, 0.5) is 8.78 Å². The first kappa shape index (κ1) is 20.3. The molecule has 32 heavy (non-hydrogen) atoms. The van der Waals surface area contributed by atoms with Crippen molar-refractivity contribution >= 4 is 11.8 Å². The maximum absolute atomic E-state index is 12.6. The summed E-state index contributed by atoms with van der Waals surface area (Å²) < 4.78 is 29.7. The van der Waals surface area contributed by atoms with Crippen LogP contribution in [0.25, 0.3) is 11.4 Å². The Bertz CT molecular complexity index is 1130.